The summed E-state index contributed by atoms with van der Waals surface area (Å²) in [5.41, 5.74) is 0.938. The molecule has 0 spiro atoms. The van der Waals surface area contributed by atoms with E-state index in [0.717, 1.165) is 39.9 Å². The highest BCUT2D eigenvalue weighted by Gasteiger charge is 2.17. The zero-order chi connectivity index (χ0) is 19.8. The standard InChI is InChI=1S/C25H29NO2/c1-2-3-4-5-6-11-16-26-25(28)24(27)18-23-21-14-9-7-12-19(21)17-20-13-8-10-15-22(20)23/h7-10,12-15,17H,2-6,11,16,18H2,1H3,(H,26,28). The smallest absolute Gasteiger partial charge is 0.287 e. The summed E-state index contributed by atoms with van der Waals surface area (Å²) in [7, 11) is 0. The molecule has 0 aliphatic heterocycles. The van der Waals surface area contributed by atoms with Gasteiger partial charge in [0.05, 0.1) is 0 Å². The van der Waals surface area contributed by atoms with Gasteiger partial charge in [-0.1, -0.05) is 87.6 Å². The number of unbranched alkanes of at least 4 members (excludes halogenated alkanes) is 5. The van der Waals surface area contributed by atoms with Gasteiger partial charge in [-0.25, -0.2) is 0 Å². The highest BCUT2D eigenvalue weighted by Crippen LogP contribution is 2.29. The van der Waals surface area contributed by atoms with Crippen LogP contribution >= 0.6 is 0 Å². The van der Waals surface area contributed by atoms with Gasteiger partial charge in [0.1, 0.15) is 0 Å². The fourth-order valence-electron chi connectivity index (χ4n) is 3.75. The van der Waals surface area contributed by atoms with E-state index < -0.39 is 5.91 Å². The molecule has 0 aromatic heterocycles. The first-order valence-electron chi connectivity index (χ1n) is 10.4. The van der Waals surface area contributed by atoms with Crippen molar-refractivity contribution in [3.63, 3.8) is 0 Å². The van der Waals surface area contributed by atoms with Crippen molar-refractivity contribution in [2.75, 3.05) is 6.54 Å². The number of amides is 1. The summed E-state index contributed by atoms with van der Waals surface area (Å²) in [5.74, 6) is -0.835. The minimum absolute atomic E-state index is 0.129. The number of carbonyl (C=O) groups excluding carboxylic acids is 2. The Morgan fingerprint density at radius 2 is 1.36 bits per heavy atom. The van der Waals surface area contributed by atoms with E-state index in [9.17, 15) is 9.59 Å². The van der Waals surface area contributed by atoms with Gasteiger partial charge in [0.2, 0.25) is 5.78 Å². The van der Waals surface area contributed by atoms with Gasteiger partial charge in [0.15, 0.2) is 0 Å². The van der Waals surface area contributed by atoms with E-state index in [1.165, 1.54) is 25.7 Å². The number of rotatable bonds is 10. The Morgan fingerprint density at radius 1 is 0.786 bits per heavy atom. The molecule has 0 saturated heterocycles. The van der Waals surface area contributed by atoms with Crippen molar-refractivity contribution >= 4 is 33.2 Å². The number of hydrogen-bond acceptors (Lipinski definition) is 2. The number of hydrogen-bond donors (Lipinski definition) is 1. The van der Waals surface area contributed by atoms with E-state index >= 15 is 0 Å². The molecule has 3 aromatic rings. The van der Waals surface area contributed by atoms with Crippen molar-refractivity contribution in [2.45, 2.75) is 51.9 Å². The third-order valence-electron chi connectivity index (χ3n) is 5.29. The molecule has 28 heavy (non-hydrogen) atoms. The van der Waals surface area contributed by atoms with Crippen LogP contribution in [0.25, 0.3) is 21.5 Å². The maximum Gasteiger partial charge on any atom is 0.287 e. The predicted octanol–water partition coefficient (Wildman–Crippen LogP) is 5.58. The average molecular weight is 376 g/mol. The van der Waals surface area contributed by atoms with Crippen molar-refractivity contribution in [2.24, 2.45) is 0 Å². The zero-order valence-electron chi connectivity index (χ0n) is 16.7. The van der Waals surface area contributed by atoms with Gasteiger partial charge in [-0.2, -0.15) is 0 Å². The largest absolute Gasteiger partial charge is 0.349 e. The fourth-order valence-corrected chi connectivity index (χ4v) is 3.75. The fraction of sp³-hybridized carbons (Fsp3) is 0.360. The average Bonchev–Trinajstić information content (AvgIpc) is 2.72. The number of benzene rings is 3. The second-order valence-electron chi connectivity index (χ2n) is 7.42. The summed E-state index contributed by atoms with van der Waals surface area (Å²) >= 11 is 0. The number of ketones is 1. The third kappa shape index (κ3) is 4.98. The minimum atomic E-state index is -0.467. The van der Waals surface area contributed by atoms with Crippen LogP contribution in [0, 0.1) is 0 Å². The summed E-state index contributed by atoms with van der Waals surface area (Å²) in [6.07, 6.45) is 7.10. The second-order valence-corrected chi connectivity index (χ2v) is 7.42. The van der Waals surface area contributed by atoms with Crippen LogP contribution < -0.4 is 5.32 Å². The van der Waals surface area contributed by atoms with Crippen molar-refractivity contribution in [1.29, 1.82) is 0 Å². The Morgan fingerprint density at radius 3 is 2.00 bits per heavy atom. The van der Waals surface area contributed by atoms with Crippen LogP contribution in [0.1, 0.15) is 51.0 Å². The molecule has 3 nitrogen and oxygen atoms in total. The van der Waals surface area contributed by atoms with E-state index in [4.69, 9.17) is 0 Å². The second kappa shape index (κ2) is 10.0. The summed E-state index contributed by atoms with van der Waals surface area (Å²) in [6, 6.07) is 18.2. The molecule has 146 valence electrons. The summed E-state index contributed by atoms with van der Waals surface area (Å²) in [4.78, 5) is 24.9. The predicted molar refractivity (Wildman–Crippen MR) is 117 cm³/mol. The topological polar surface area (TPSA) is 46.2 Å². The minimum Gasteiger partial charge on any atom is -0.349 e. The molecular weight excluding hydrogens is 346 g/mol. The van der Waals surface area contributed by atoms with Crippen LogP contribution in [0.2, 0.25) is 0 Å². The summed E-state index contributed by atoms with van der Waals surface area (Å²) in [6.45, 7) is 2.78. The summed E-state index contributed by atoms with van der Waals surface area (Å²) < 4.78 is 0. The first kappa shape index (κ1) is 20.1. The molecule has 0 aliphatic rings. The Labute approximate surface area is 167 Å². The number of Topliss-reactive ketones (excluding diaryl/α,β-unsaturated/α-hetero) is 1. The van der Waals surface area contributed by atoms with Crippen LogP contribution in [0.4, 0.5) is 0 Å². The first-order chi connectivity index (χ1) is 13.7. The monoisotopic (exact) mass is 375 g/mol. The molecule has 0 fully saturated rings. The molecule has 1 N–H and O–H groups in total. The Kier molecular flexibility index (Phi) is 7.18. The normalized spacial score (nSPS) is 11.0. The van der Waals surface area contributed by atoms with E-state index in [1.54, 1.807) is 0 Å². The van der Waals surface area contributed by atoms with E-state index in [2.05, 4.69) is 18.3 Å². The lowest BCUT2D eigenvalue weighted by Gasteiger charge is -2.11. The third-order valence-corrected chi connectivity index (χ3v) is 5.29. The quantitative estimate of drug-likeness (QED) is 0.286. The van der Waals surface area contributed by atoms with Gasteiger partial charge in [0, 0.05) is 13.0 Å². The van der Waals surface area contributed by atoms with Gasteiger partial charge in [-0.3, -0.25) is 9.59 Å². The highest BCUT2D eigenvalue weighted by atomic mass is 16.2. The van der Waals surface area contributed by atoms with Crippen LogP contribution in [-0.4, -0.2) is 18.2 Å². The Hall–Kier alpha value is -2.68. The Balaban J connectivity index is 1.66. The summed E-state index contributed by atoms with van der Waals surface area (Å²) in [5, 5.41) is 7.07. The maximum absolute atomic E-state index is 12.6. The number of fused-ring (bicyclic) bond motifs is 2. The molecule has 0 unspecified atom stereocenters. The van der Waals surface area contributed by atoms with Crippen LogP contribution in [-0.2, 0) is 16.0 Å². The first-order valence-corrected chi connectivity index (χ1v) is 10.4. The molecule has 0 bridgehead atoms. The van der Waals surface area contributed by atoms with Crippen molar-refractivity contribution in [3.05, 3.63) is 60.2 Å². The molecule has 3 rings (SSSR count). The van der Waals surface area contributed by atoms with Crippen molar-refractivity contribution in [1.82, 2.24) is 5.32 Å². The number of nitrogens with one attached hydrogen (secondary N) is 1. The lowest BCUT2D eigenvalue weighted by atomic mass is 9.93. The van der Waals surface area contributed by atoms with Crippen LogP contribution in [0.3, 0.4) is 0 Å². The molecule has 1 amide bonds. The van der Waals surface area contributed by atoms with Crippen molar-refractivity contribution < 1.29 is 9.59 Å². The SMILES string of the molecule is CCCCCCCCNC(=O)C(=O)Cc1c2ccccc2cc2ccccc12. The van der Waals surface area contributed by atoms with E-state index in [-0.39, 0.29) is 12.2 Å². The van der Waals surface area contributed by atoms with Crippen LogP contribution in [0.15, 0.2) is 54.6 Å². The lowest BCUT2D eigenvalue weighted by Crippen LogP contribution is -2.32. The molecular formula is C25H29NO2. The van der Waals surface area contributed by atoms with Gasteiger partial charge in [-0.05, 0) is 39.6 Å². The van der Waals surface area contributed by atoms with Gasteiger partial charge < -0.3 is 5.32 Å². The maximum atomic E-state index is 12.6. The lowest BCUT2D eigenvalue weighted by molar-refractivity contribution is -0.137. The highest BCUT2D eigenvalue weighted by molar-refractivity contribution is 6.37. The van der Waals surface area contributed by atoms with Crippen LogP contribution in [0.5, 0.6) is 0 Å². The zero-order valence-corrected chi connectivity index (χ0v) is 16.7. The van der Waals surface area contributed by atoms with Gasteiger partial charge in [0.25, 0.3) is 5.91 Å². The molecule has 0 aliphatic carbocycles. The molecule has 0 atom stereocenters. The van der Waals surface area contributed by atoms with E-state index in [1.807, 2.05) is 48.5 Å². The molecule has 3 heteroatoms. The molecule has 3 aromatic carbocycles. The van der Waals surface area contributed by atoms with Gasteiger partial charge >= 0.3 is 0 Å². The number of carbonyl (C=O) groups is 2. The van der Waals surface area contributed by atoms with Gasteiger partial charge in [-0.15, -0.1) is 0 Å². The van der Waals surface area contributed by atoms with E-state index in [0.29, 0.717) is 6.54 Å². The Bertz CT molecular complexity index is 907. The molecule has 0 saturated carbocycles. The molecule has 0 heterocycles. The molecule has 0 radical (unpaired) electrons. The van der Waals surface area contributed by atoms with Crippen molar-refractivity contribution in [3.8, 4) is 0 Å².